The summed E-state index contributed by atoms with van der Waals surface area (Å²) in [5.41, 5.74) is 0. The number of ether oxygens (including phenoxy) is 3. The Hall–Kier alpha value is 0.570. The summed E-state index contributed by atoms with van der Waals surface area (Å²) in [6, 6.07) is 0. The Bertz CT molecular complexity index is 147. The minimum atomic E-state index is 0.0619. The van der Waals surface area contributed by atoms with Crippen molar-refractivity contribution in [1.29, 1.82) is 0 Å². The van der Waals surface area contributed by atoms with Crippen molar-refractivity contribution in [1.82, 2.24) is 0 Å². The lowest BCUT2D eigenvalue weighted by Gasteiger charge is -2.13. The average Bonchev–Trinajstić information content (AvgIpc) is 2.62. The van der Waals surface area contributed by atoms with Gasteiger partial charge in [0.2, 0.25) is 0 Å². The highest BCUT2D eigenvalue weighted by Gasteiger charge is 2.48. The van der Waals surface area contributed by atoms with Crippen LogP contribution in [0.2, 0.25) is 0 Å². The molecule has 0 amide bonds. The van der Waals surface area contributed by atoms with Crippen LogP contribution in [0.1, 0.15) is 0 Å². The molecule has 0 unspecified atom stereocenters. The predicted octanol–water partition coefficient (Wildman–Crippen LogP) is 0.534. The molecule has 4 nitrogen and oxygen atoms in total. The van der Waals surface area contributed by atoms with Gasteiger partial charge in [0.15, 0.2) is 0 Å². The van der Waals surface area contributed by atoms with Gasteiger partial charge in [-0.15, -0.1) is 0 Å². The van der Waals surface area contributed by atoms with E-state index in [0.717, 1.165) is 0 Å². The van der Waals surface area contributed by atoms with Gasteiger partial charge in [0, 0.05) is 7.11 Å². The normalized spacial score (nSPS) is 46.5. The molecule has 0 bridgehead atoms. The summed E-state index contributed by atoms with van der Waals surface area (Å²) in [6.07, 6.45) is 0.268. The molecule has 5 heteroatoms. The summed E-state index contributed by atoms with van der Waals surface area (Å²) >= 11 is 1.88. The lowest BCUT2D eigenvalue weighted by molar-refractivity contribution is -0.0113. The van der Waals surface area contributed by atoms with Crippen molar-refractivity contribution in [2.24, 2.45) is 0 Å². The second-order valence-electron chi connectivity index (χ2n) is 3.00. The topological polar surface area (TPSA) is 36.9 Å². The second kappa shape index (κ2) is 3.75. The molecule has 0 radical (unpaired) electrons. The summed E-state index contributed by atoms with van der Waals surface area (Å²) in [6.45, 7) is 1.22. The standard InChI is InChI=1S/C7H11IO4/c1-9-4-2-10-7-5(12-8)3-11-6(4)7/h4-7H,2-3H2,1H3/t4-,5+,6-,7-/m1/s1. The zero-order valence-electron chi connectivity index (χ0n) is 6.73. The average molecular weight is 286 g/mol. The fraction of sp³-hybridized carbons (Fsp3) is 1.00. The smallest absolute Gasteiger partial charge is 0.122 e. The minimum absolute atomic E-state index is 0.0619. The van der Waals surface area contributed by atoms with E-state index in [4.69, 9.17) is 17.3 Å². The van der Waals surface area contributed by atoms with Crippen LogP contribution in [0, 0.1) is 0 Å². The molecule has 0 spiro atoms. The summed E-state index contributed by atoms with van der Waals surface area (Å²) in [5.74, 6) is 0. The van der Waals surface area contributed by atoms with Gasteiger partial charge in [-0.3, -0.25) is 0 Å². The van der Waals surface area contributed by atoms with Crippen molar-refractivity contribution in [3.63, 3.8) is 0 Å². The highest BCUT2D eigenvalue weighted by Crippen LogP contribution is 2.30. The van der Waals surface area contributed by atoms with Crippen LogP contribution in [0.3, 0.4) is 0 Å². The highest BCUT2D eigenvalue weighted by atomic mass is 127. The minimum Gasteiger partial charge on any atom is -0.376 e. The third-order valence-electron chi connectivity index (χ3n) is 2.38. The first-order valence-electron chi connectivity index (χ1n) is 3.90. The maximum Gasteiger partial charge on any atom is 0.122 e. The van der Waals surface area contributed by atoms with Crippen LogP contribution in [0.5, 0.6) is 0 Å². The molecule has 2 aliphatic rings. The number of hydrogen-bond donors (Lipinski definition) is 0. The molecule has 2 rings (SSSR count). The van der Waals surface area contributed by atoms with Crippen molar-refractivity contribution in [2.75, 3.05) is 20.3 Å². The Morgan fingerprint density at radius 3 is 2.33 bits per heavy atom. The van der Waals surface area contributed by atoms with Crippen LogP contribution < -0.4 is 0 Å². The Morgan fingerprint density at radius 2 is 1.75 bits per heavy atom. The van der Waals surface area contributed by atoms with Crippen LogP contribution >= 0.6 is 23.0 Å². The summed E-state index contributed by atoms with van der Waals surface area (Å²) < 4.78 is 21.4. The predicted molar refractivity (Wildman–Crippen MR) is 49.2 cm³/mol. The van der Waals surface area contributed by atoms with Crippen molar-refractivity contribution in [3.8, 4) is 0 Å². The fourth-order valence-corrected chi connectivity index (χ4v) is 2.14. The zero-order valence-corrected chi connectivity index (χ0v) is 8.89. The Kier molecular flexibility index (Phi) is 2.85. The molecule has 0 N–H and O–H groups in total. The van der Waals surface area contributed by atoms with Gasteiger partial charge < -0.3 is 17.3 Å². The number of rotatable bonds is 2. The van der Waals surface area contributed by atoms with Crippen molar-refractivity contribution < 1.29 is 17.3 Å². The van der Waals surface area contributed by atoms with Gasteiger partial charge in [0.05, 0.1) is 13.2 Å². The van der Waals surface area contributed by atoms with Crippen LogP contribution in [0.15, 0.2) is 0 Å². The number of hydrogen-bond acceptors (Lipinski definition) is 4. The second-order valence-corrected chi connectivity index (χ2v) is 3.51. The van der Waals surface area contributed by atoms with E-state index in [1.54, 1.807) is 7.11 Å². The third-order valence-corrected chi connectivity index (χ3v) is 3.03. The van der Waals surface area contributed by atoms with E-state index in [1.165, 1.54) is 0 Å². The van der Waals surface area contributed by atoms with Gasteiger partial charge in [-0.05, 0) is 0 Å². The number of halogens is 1. The molecular weight excluding hydrogens is 275 g/mol. The molecule has 0 aliphatic carbocycles. The quantitative estimate of drug-likeness (QED) is 0.694. The van der Waals surface area contributed by atoms with Gasteiger partial charge in [-0.25, -0.2) is 0 Å². The van der Waals surface area contributed by atoms with E-state index in [2.05, 4.69) is 0 Å². The van der Waals surface area contributed by atoms with Gasteiger partial charge in [0.25, 0.3) is 0 Å². The van der Waals surface area contributed by atoms with E-state index in [1.807, 2.05) is 23.0 Å². The number of methoxy groups -OCH3 is 1. The van der Waals surface area contributed by atoms with Gasteiger partial charge in [-0.1, -0.05) is 0 Å². The zero-order chi connectivity index (χ0) is 8.55. The third kappa shape index (κ3) is 1.37. The van der Waals surface area contributed by atoms with Crippen molar-refractivity contribution in [3.05, 3.63) is 0 Å². The molecule has 0 aromatic carbocycles. The maximum absolute atomic E-state index is 5.50. The van der Waals surface area contributed by atoms with Crippen LogP contribution in [0.4, 0.5) is 0 Å². The Morgan fingerprint density at radius 1 is 1.17 bits per heavy atom. The Labute approximate surface area is 85.2 Å². The Balaban J connectivity index is 2.01. The van der Waals surface area contributed by atoms with E-state index in [0.29, 0.717) is 13.2 Å². The molecular formula is C7H11IO4. The van der Waals surface area contributed by atoms with Crippen LogP contribution in [0.25, 0.3) is 0 Å². The molecule has 2 heterocycles. The molecule has 4 atom stereocenters. The highest BCUT2D eigenvalue weighted by molar-refractivity contribution is 14.1. The SMILES string of the molecule is CO[C@@H]1CO[C@H]2[C@@H]1OC[C@@H]2OI. The van der Waals surface area contributed by atoms with Crippen LogP contribution in [-0.2, 0) is 17.3 Å². The lowest BCUT2D eigenvalue weighted by Crippen LogP contribution is -2.32. The molecule has 0 aromatic rings. The first-order valence-corrected chi connectivity index (χ1v) is 4.78. The summed E-state index contributed by atoms with van der Waals surface area (Å²) in [7, 11) is 1.68. The first kappa shape index (κ1) is 9.14. The van der Waals surface area contributed by atoms with E-state index in [-0.39, 0.29) is 24.4 Å². The van der Waals surface area contributed by atoms with Crippen molar-refractivity contribution in [2.45, 2.75) is 24.4 Å². The van der Waals surface area contributed by atoms with E-state index in [9.17, 15) is 0 Å². The molecule has 70 valence electrons. The molecule has 0 aromatic heterocycles. The molecule has 2 saturated heterocycles. The summed E-state index contributed by atoms with van der Waals surface area (Å²) in [5, 5.41) is 0. The van der Waals surface area contributed by atoms with Crippen molar-refractivity contribution >= 4 is 23.0 Å². The summed E-state index contributed by atoms with van der Waals surface area (Å²) in [4.78, 5) is 0. The maximum atomic E-state index is 5.50. The van der Waals surface area contributed by atoms with E-state index >= 15 is 0 Å². The van der Waals surface area contributed by atoms with E-state index < -0.39 is 0 Å². The molecule has 0 saturated carbocycles. The van der Waals surface area contributed by atoms with Gasteiger partial charge >= 0.3 is 0 Å². The lowest BCUT2D eigenvalue weighted by atomic mass is 10.1. The molecule has 2 aliphatic heterocycles. The fourth-order valence-electron chi connectivity index (χ4n) is 1.71. The largest absolute Gasteiger partial charge is 0.376 e. The van der Waals surface area contributed by atoms with Gasteiger partial charge in [-0.2, -0.15) is 0 Å². The molecule has 12 heavy (non-hydrogen) atoms. The van der Waals surface area contributed by atoms with Gasteiger partial charge in [0.1, 0.15) is 47.4 Å². The van der Waals surface area contributed by atoms with Crippen LogP contribution in [-0.4, -0.2) is 44.7 Å². The monoisotopic (exact) mass is 286 g/mol. The number of fused-ring (bicyclic) bond motifs is 1. The molecule has 2 fully saturated rings. The first-order chi connectivity index (χ1) is 5.86.